The number of rotatable bonds is 2. The lowest BCUT2D eigenvalue weighted by Gasteiger charge is -2.29. The number of amides is 2. The number of ether oxygens (including phenoxy) is 1. The maximum absolute atomic E-state index is 11.3. The Morgan fingerprint density at radius 3 is 2.13 bits per heavy atom. The molecule has 5 nitrogen and oxygen atoms in total. The fourth-order valence-corrected chi connectivity index (χ4v) is 1.72. The minimum atomic E-state index is -0.0403. The molecule has 0 radical (unpaired) electrons. The van der Waals surface area contributed by atoms with Crippen molar-refractivity contribution in [2.24, 2.45) is 0 Å². The highest BCUT2D eigenvalue weighted by atomic mass is 35.5. The lowest BCUT2D eigenvalue weighted by molar-refractivity contribution is -0.141. The van der Waals surface area contributed by atoms with Gasteiger partial charge in [0.2, 0.25) is 11.8 Å². The van der Waals surface area contributed by atoms with Gasteiger partial charge in [0.15, 0.2) is 0 Å². The highest BCUT2D eigenvalue weighted by Crippen LogP contribution is 2.12. The minimum Gasteiger partial charge on any atom is -0.379 e. The quantitative estimate of drug-likeness (QED) is 0.624. The van der Waals surface area contributed by atoms with E-state index in [2.05, 4.69) is 4.90 Å². The van der Waals surface area contributed by atoms with Crippen molar-refractivity contribution in [3.63, 3.8) is 0 Å². The summed E-state index contributed by atoms with van der Waals surface area (Å²) in [5.41, 5.74) is 0. The zero-order valence-electron chi connectivity index (χ0n) is 8.48. The summed E-state index contributed by atoms with van der Waals surface area (Å²) in [6, 6.07) is 0. The number of hydrogen-bond donors (Lipinski definition) is 0. The Morgan fingerprint density at radius 2 is 1.60 bits per heavy atom. The number of halogens is 1. The van der Waals surface area contributed by atoms with Gasteiger partial charge in [0, 0.05) is 25.9 Å². The molecule has 6 heteroatoms. The van der Waals surface area contributed by atoms with Crippen LogP contribution in [0.5, 0.6) is 0 Å². The topological polar surface area (TPSA) is 49.9 Å². The number of carbonyl (C=O) groups excluding carboxylic acids is 2. The van der Waals surface area contributed by atoms with Gasteiger partial charge in [0.1, 0.15) is 0 Å². The van der Waals surface area contributed by atoms with E-state index in [0.717, 1.165) is 13.1 Å². The molecule has 0 saturated carbocycles. The molecule has 2 aliphatic rings. The molecule has 2 fully saturated rings. The second-order valence-electron chi connectivity index (χ2n) is 3.59. The summed E-state index contributed by atoms with van der Waals surface area (Å²) >= 11 is 0. The standard InChI is InChI=1S/C9H14N2O3.ClH/c12-8-1-2-9(13)11(8)7-10-3-5-14-6-4-10;/h1-7H2;1H. The highest BCUT2D eigenvalue weighted by molar-refractivity contribution is 6.01. The van der Waals surface area contributed by atoms with E-state index >= 15 is 0 Å². The van der Waals surface area contributed by atoms with Crippen LogP contribution in [0.2, 0.25) is 0 Å². The smallest absolute Gasteiger partial charge is 0.230 e. The van der Waals surface area contributed by atoms with Crippen LogP contribution in [-0.2, 0) is 14.3 Å². The van der Waals surface area contributed by atoms with Crippen LogP contribution >= 0.6 is 12.4 Å². The van der Waals surface area contributed by atoms with E-state index in [0.29, 0.717) is 32.7 Å². The fourth-order valence-electron chi connectivity index (χ4n) is 1.72. The van der Waals surface area contributed by atoms with Crippen molar-refractivity contribution in [1.29, 1.82) is 0 Å². The summed E-state index contributed by atoms with van der Waals surface area (Å²) in [6.07, 6.45) is 0.756. The fraction of sp³-hybridized carbons (Fsp3) is 0.778. The van der Waals surface area contributed by atoms with Gasteiger partial charge in [-0.3, -0.25) is 19.4 Å². The SMILES string of the molecule is Cl.O=C1CCC(=O)N1CN1CCOCC1. The lowest BCUT2D eigenvalue weighted by atomic mass is 10.4. The lowest BCUT2D eigenvalue weighted by Crippen LogP contribution is -2.45. The third-order valence-corrected chi connectivity index (χ3v) is 2.60. The summed E-state index contributed by atoms with van der Waals surface area (Å²) in [7, 11) is 0. The Labute approximate surface area is 94.8 Å². The van der Waals surface area contributed by atoms with E-state index in [1.807, 2.05) is 0 Å². The van der Waals surface area contributed by atoms with Gasteiger partial charge in [0.05, 0.1) is 19.9 Å². The molecule has 0 unspecified atom stereocenters. The summed E-state index contributed by atoms with van der Waals surface area (Å²) in [5, 5.41) is 0. The van der Waals surface area contributed by atoms with E-state index in [1.54, 1.807) is 0 Å². The van der Waals surface area contributed by atoms with Crippen molar-refractivity contribution in [3.05, 3.63) is 0 Å². The Hall–Kier alpha value is -0.650. The second-order valence-corrected chi connectivity index (χ2v) is 3.59. The first-order chi connectivity index (χ1) is 6.77. The Bertz CT molecular complexity index is 238. The first-order valence-corrected chi connectivity index (χ1v) is 4.90. The van der Waals surface area contributed by atoms with Gasteiger partial charge in [-0.15, -0.1) is 12.4 Å². The molecule has 0 atom stereocenters. The first kappa shape index (κ1) is 12.4. The van der Waals surface area contributed by atoms with Crippen molar-refractivity contribution in [3.8, 4) is 0 Å². The molecule has 2 amide bonds. The Balaban J connectivity index is 0.00000112. The molecule has 2 aliphatic heterocycles. The van der Waals surface area contributed by atoms with E-state index in [9.17, 15) is 9.59 Å². The van der Waals surface area contributed by atoms with Gasteiger partial charge in [0.25, 0.3) is 0 Å². The molecule has 2 rings (SSSR count). The average molecular weight is 235 g/mol. The van der Waals surface area contributed by atoms with Crippen molar-refractivity contribution < 1.29 is 14.3 Å². The van der Waals surface area contributed by atoms with Gasteiger partial charge in [-0.2, -0.15) is 0 Å². The van der Waals surface area contributed by atoms with Crippen LogP contribution in [0.15, 0.2) is 0 Å². The second kappa shape index (κ2) is 5.44. The Kier molecular flexibility index (Phi) is 4.50. The third-order valence-electron chi connectivity index (χ3n) is 2.60. The molecule has 86 valence electrons. The van der Waals surface area contributed by atoms with Crippen LogP contribution in [0.3, 0.4) is 0 Å². The number of likely N-dealkylation sites (tertiary alicyclic amines) is 1. The van der Waals surface area contributed by atoms with Gasteiger partial charge < -0.3 is 4.74 Å². The van der Waals surface area contributed by atoms with Crippen LogP contribution in [0.4, 0.5) is 0 Å². The molecule has 15 heavy (non-hydrogen) atoms. The summed E-state index contributed by atoms with van der Waals surface area (Å²) in [4.78, 5) is 26.0. The van der Waals surface area contributed by atoms with Crippen molar-refractivity contribution in [2.45, 2.75) is 12.8 Å². The van der Waals surface area contributed by atoms with E-state index in [-0.39, 0.29) is 24.2 Å². The number of morpholine rings is 1. The maximum atomic E-state index is 11.3. The third kappa shape index (κ3) is 2.90. The number of imide groups is 1. The van der Waals surface area contributed by atoms with Crippen LogP contribution in [0.25, 0.3) is 0 Å². The van der Waals surface area contributed by atoms with Crippen molar-refractivity contribution in [2.75, 3.05) is 33.0 Å². The zero-order chi connectivity index (χ0) is 9.97. The zero-order valence-corrected chi connectivity index (χ0v) is 9.29. The van der Waals surface area contributed by atoms with Gasteiger partial charge in [-0.25, -0.2) is 0 Å². The number of nitrogens with zero attached hydrogens (tertiary/aromatic N) is 2. The maximum Gasteiger partial charge on any atom is 0.230 e. The first-order valence-electron chi connectivity index (χ1n) is 4.90. The number of carbonyl (C=O) groups is 2. The van der Waals surface area contributed by atoms with E-state index in [4.69, 9.17) is 4.74 Å². The van der Waals surface area contributed by atoms with Crippen LogP contribution in [-0.4, -0.2) is 54.6 Å². The normalized spacial score (nSPS) is 23.1. The van der Waals surface area contributed by atoms with Crippen LogP contribution in [0, 0.1) is 0 Å². The van der Waals surface area contributed by atoms with Gasteiger partial charge in [-0.1, -0.05) is 0 Å². The molecule has 0 aromatic rings. The molecule has 0 spiro atoms. The molecule has 2 heterocycles. The molecule has 0 aromatic heterocycles. The molecule has 0 aromatic carbocycles. The van der Waals surface area contributed by atoms with E-state index < -0.39 is 0 Å². The summed E-state index contributed by atoms with van der Waals surface area (Å²) < 4.78 is 5.19. The molecule has 2 saturated heterocycles. The van der Waals surface area contributed by atoms with E-state index in [1.165, 1.54) is 4.90 Å². The number of hydrogen-bond acceptors (Lipinski definition) is 4. The van der Waals surface area contributed by atoms with Crippen molar-refractivity contribution >= 4 is 24.2 Å². The minimum absolute atomic E-state index is 0. The highest BCUT2D eigenvalue weighted by Gasteiger charge is 2.30. The summed E-state index contributed by atoms with van der Waals surface area (Å²) in [5.74, 6) is -0.0806. The van der Waals surface area contributed by atoms with Gasteiger partial charge >= 0.3 is 0 Å². The van der Waals surface area contributed by atoms with Crippen LogP contribution < -0.4 is 0 Å². The molecule has 0 bridgehead atoms. The largest absolute Gasteiger partial charge is 0.379 e. The monoisotopic (exact) mass is 234 g/mol. The Morgan fingerprint density at radius 1 is 1.07 bits per heavy atom. The predicted octanol–water partition coefficient (Wildman–Crippen LogP) is -0.153. The van der Waals surface area contributed by atoms with Crippen molar-refractivity contribution in [1.82, 2.24) is 9.80 Å². The van der Waals surface area contributed by atoms with Gasteiger partial charge in [-0.05, 0) is 0 Å². The molecule has 0 N–H and O–H groups in total. The average Bonchev–Trinajstić information content (AvgIpc) is 2.51. The predicted molar refractivity (Wildman–Crippen MR) is 55.6 cm³/mol. The summed E-state index contributed by atoms with van der Waals surface area (Å²) in [6.45, 7) is 3.43. The molecule has 0 aliphatic carbocycles. The molecular formula is C9H15ClN2O3. The van der Waals surface area contributed by atoms with Crippen LogP contribution in [0.1, 0.15) is 12.8 Å². The molecular weight excluding hydrogens is 220 g/mol.